The minimum Gasteiger partial charge on any atom is -0.409 e. The molecule has 0 radical (unpaired) electrons. The van der Waals surface area contributed by atoms with Crippen molar-refractivity contribution in [2.75, 3.05) is 6.61 Å². The lowest BCUT2D eigenvalue weighted by Crippen LogP contribution is -2.21. The Kier molecular flexibility index (Phi) is 6.10. The zero-order chi connectivity index (χ0) is 12.5. The fourth-order valence-electron chi connectivity index (χ4n) is 1.60. The summed E-state index contributed by atoms with van der Waals surface area (Å²) in [5.41, 5.74) is 6.71. The van der Waals surface area contributed by atoms with E-state index in [4.69, 9.17) is 15.7 Å². The van der Waals surface area contributed by atoms with Gasteiger partial charge in [-0.25, -0.2) is 0 Å². The number of nitrogens with two attached hydrogens (primary N) is 1. The summed E-state index contributed by atoms with van der Waals surface area (Å²) in [6, 6.07) is 10.3. The average Bonchev–Trinajstić information content (AvgIpc) is 2.36. The molecule has 0 aliphatic rings. The first-order chi connectivity index (χ1) is 8.22. The Balaban J connectivity index is 2.12. The summed E-state index contributed by atoms with van der Waals surface area (Å²) in [5, 5.41) is 11.3. The van der Waals surface area contributed by atoms with E-state index in [-0.39, 0.29) is 11.9 Å². The normalized spacial score (nSPS) is 13.6. The quantitative estimate of drug-likeness (QED) is 0.251. The van der Waals surface area contributed by atoms with Gasteiger partial charge in [0.1, 0.15) is 5.84 Å². The minimum absolute atomic E-state index is 0.0123. The van der Waals surface area contributed by atoms with Gasteiger partial charge in [-0.1, -0.05) is 35.5 Å². The maximum absolute atomic E-state index is 8.41. The highest BCUT2D eigenvalue weighted by atomic mass is 16.5. The minimum atomic E-state index is -0.0123. The third-order valence-electron chi connectivity index (χ3n) is 2.48. The number of benzene rings is 1. The highest BCUT2D eigenvalue weighted by Crippen LogP contribution is 2.04. The molecule has 1 rings (SSSR count). The van der Waals surface area contributed by atoms with Crippen LogP contribution in [0.15, 0.2) is 35.5 Å². The Morgan fingerprint density at radius 1 is 1.41 bits per heavy atom. The number of hydrogen-bond acceptors (Lipinski definition) is 3. The van der Waals surface area contributed by atoms with E-state index in [9.17, 15) is 0 Å². The van der Waals surface area contributed by atoms with E-state index >= 15 is 0 Å². The van der Waals surface area contributed by atoms with Crippen molar-refractivity contribution >= 4 is 5.84 Å². The second-order valence-electron chi connectivity index (χ2n) is 4.07. The van der Waals surface area contributed by atoms with Gasteiger partial charge in [0.25, 0.3) is 0 Å². The largest absolute Gasteiger partial charge is 0.409 e. The number of oxime groups is 1. The van der Waals surface area contributed by atoms with Gasteiger partial charge >= 0.3 is 0 Å². The number of nitrogens with zero attached hydrogens (tertiary/aromatic N) is 1. The first-order valence-electron chi connectivity index (χ1n) is 5.84. The lowest BCUT2D eigenvalue weighted by molar-refractivity contribution is 0.0687. The molecule has 0 fully saturated rings. The molecule has 0 bridgehead atoms. The van der Waals surface area contributed by atoms with E-state index in [0.717, 1.165) is 12.8 Å². The Hall–Kier alpha value is -1.55. The summed E-state index contributed by atoms with van der Waals surface area (Å²) in [5.74, 6) is 0.209. The maximum atomic E-state index is 8.41. The predicted octanol–water partition coefficient (Wildman–Crippen LogP) is 2.16. The average molecular weight is 236 g/mol. The predicted molar refractivity (Wildman–Crippen MR) is 68.2 cm³/mol. The number of amidine groups is 1. The zero-order valence-corrected chi connectivity index (χ0v) is 10.2. The molecule has 0 heterocycles. The molecule has 0 aliphatic heterocycles. The van der Waals surface area contributed by atoms with E-state index in [1.807, 2.05) is 25.1 Å². The number of ether oxygens (including phenoxy) is 1. The van der Waals surface area contributed by atoms with Gasteiger partial charge in [0.05, 0.1) is 6.10 Å². The van der Waals surface area contributed by atoms with Gasteiger partial charge in [-0.05, 0) is 25.3 Å². The molecule has 94 valence electrons. The van der Waals surface area contributed by atoms with Crippen LogP contribution in [0.2, 0.25) is 0 Å². The summed E-state index contributed by atoms with van der Waals surface area (Å²) >= 11 is 0. The van der Waals surface area contributed by atoms with Crippen molar-refractivity contribution in [2.24, 2.45) is 10.9 Å². The molecule has 0 aromatic heterocycles. The molecule has 1 unspecified atom stereocenters. The summed E-state index contributed by atoms with van der Waals surface area (Å²) in [6.07, 6.45) is 2.44. The molecule has 0 saturated heterocycles. The van der Waals surface area contributed by atoms with Crippen LogP contribution < -0.4 is 5.73 Å². The molecule has 0 saturated carbocycles. The van der Waals surface area contributed by atoms with Gasteiger partial charge in [-0.15, -0.1) is 0 Å². The van der Waals surface area contributed by atoms with Crippen molar-refractivity contribution in [1.29, 1.82) is 0 Å². The number of rotatable bonds is 7. The van der Waals surface area contributed by atoms with Crippen LogP contribution in [-0.4, -0.2) is 23.8 Å². The van der Waals surface area contributed by atoms with Crippen LogP contribution in [0, 0.1) is 0 Å². The van der Waals surface area contributed by atoms with Crippen molar-refractivity contribution in [1.82, 2.24) is 0 Å². The third-order valence-corrected chi connectivity index (χ3v) is 2.48. The molecule has 1 atom stereocenters. The van der Waals surface area contributed by atoms with E-state index in [0.29, 0.717) is 13.0 Å². The van der Waals surface area contributed by atoms with Crippen molar-refractivity contribution < 1.29 is 9.94 Å². The molecular weight excluding hydrogens is 216 g/mol. The lowest BCUT2D eigenvalue weighted by Gasteiger charge is -2.11. The third kappa shape index (κ3) is 5.92. The molecule has 0 spiro atoms. The molecular formula is C13H20N2O2. The van der Waals surface area contributed by atoms with E-state index < -0.39 is 0 Å². The first-order valence-corrected chi connectivity index (χ1v) is 5.84. The highest BCUT2D eigenvalue weighted by molar-refractivity contribution is 5.79. The summed E-state index contributed by atoms with van der Waals surface area (Å²) in [4.78, 5) is 0. The molecule has 4 nitrogen and oxygen atoms in total. The van der Waals surface area contributed by atoms with Crippen LogP contribution >= 0.6 is 0 Å². The van der Waals surface area contributed by atoms with Crippen LogP contribution in [0.4, 0.5) is 0 Å². The molecule has 3 N–H and O–H groups in total. The Morgan fingerprint density at radius 3 is 2.76 bits per heavy atom. The molecule has 17 heavy (non-hydrogen) atoms. The molecule has 0 aliphatic carbocycles. The van der Waals surface area contributed by atoms with Crippen LogP contribution in [-0.2, 0) is 11.2 Å². The molecule has 1 aromatic carbocycles. The van der Waals surface area contributed by atoms with E-state index in [2.05, 4.69) is 17.3 Å². The second-order valence-corrected chi connectivity index (χ2v) is 4.07. The van der Waals surface area contributed by atoms with Crippen LogP contribution in [0.5, 0.6) is 0 Å². The number of aryl methyl sites for hydroxylation is 1. The highest BCUT2D eigenvalue weighted by Gasteiger charge is 2.04. The lowest BCUT2D eigenvalue weighted by atomic mass is 10.1. The van der Waals surface area contributed by atoms with Crippen LogP contribution in [0.1, 0.15) is 25.3 Å². The summed E-state index contributed by atoms with van der Waals surface area (Å²) < 4.78 is 5.56. The van der Waals surface area contributed by atoms with Crippen molar-refractivity contribution in [2.45, 2.75) is 32.3 Å². The van der Waals surface area contributed by atoms with Crippen LogP contribution in [0.3, 0.4) is 0 Å². The van der Waals surface area contributed by atoms with Gasteiger partial charge in [0.15, 0.2) is 0 Å². The Morgan fingerprint density at radius 2 is 2.12 bits per heavy atom. The van der Waals surface area contributed by atoms with Gasteiger partial charge in [-0.2, -0.15) is 0 Å². The van der Waals surface area contributed by atoms with Crippen molar-refractivity contribution in [3.8, 4) is 0 Å². The zero-order valence-electron chi connectivity index (χ0n) is 10.2. The van der Waals surface area contributed by atoms with Gasteiger partial charge in [-0.3, -0.25) is 0 Å². The maximum Gasteiger partial charge on any atom is 0.141 e. The molecule has 0 amide bonds. The van der Waals surface area contributed by atoms with Gasteiger partial charge < -0.3 is 15.7 Å². The monoisotopic (exact) mass is 236 g/mol. The summed E-state index contributed by atoms with van der Waals surface area (Å²) in [7, 11) is 0. The smallest absolute Gasteiger partial charge is 0.141 e. The SMILES string of the molecule is CC(CC(N)=NO)OCCCc1ccccc1. The molecule has 1 aromatic rings. The Labute approximate surface area is 102 Å². The van der Waals surface area contributed by atoms with Crippen LogP contribution in [0.25, 0.3) is 0 Å². The number of hydrogen-bond donors (Lipinski definition) is 2. The first kappa shape index (κ1) is 13.5. The van der Waals surface area contributed by atoms with E-state index in [1.54, 1.807) is 0 Å². The second kappa shape index (κ2) is 7.68. The summed E-state index contributed by atoms with van der Waals surface area (Å²) in [6.45, 7) is 2.61. The van der Waals surface area contributed by atoms with Crippen molar-refractivity contribution in [3.05, 3.63) is 35.9 Å². The standard InChI is InChI=1S/C13H20N2O2/c1-11(10-13(14)15-16)17-9-5-8-12-6-3-2-4-7-12/h2-4,6-7,11,16H,5,8-10H2,1H3,(H2,14,15). The fourth-order valence-corrected chi connectivity index (χ4v) is 1.60. The Bertz CT molecular complexity index is 339. The van der Waals surface area contributed by atoms with Crippen molar-refractivity contribution in [3.63, 3.8) is 0 Å². The fraction of sp³-hybridized carbons (Fsp3) is 0.462. The van der Waals surface area contributed by atoms with Gasteiger partial charge in [0, 0.05) is 13.0 Å². The van der Waals surface area contributed by atoms with E-state index in [1.165, 1.54) is 5.56 Å². The molecule has 4 heteroatoms. The topological polar surface area (TPSA) is 67.8 Å². The van der Waals surface area contributed by atoms with Gasteiger partial charge in [0.2, 0.25) is 0 Å².